The van der Waals surface area contributed by atoms with Crippen LogP contribution < -0.4 is 0 Å². The molecule has 7 heteroatoms. The molecule has 0 aliphatic carbocycles. The fourth-order valence-electron chi connectivity index (χ4n) is 0.611. The number of hydrogen-bond acceptors (Lipinski definition) is 6. The van der Waals surface area contributed by atoms with Crippen LogP contribution in [-0.2, 0) is 9.41 Å². The van der Waals surface area contributed by atoms with Gasteiger partial charge in [-0.25, -0.2) is 0 Å². The number of nitrogens with zero attached hydrogens (tertiary/aromatic N) is 1. The molecule has 0 radical (unpaired) electrons. The van der Waals surface area contributed by atoms with Gasteiger partial charge < -0.3 is 19.9 Å². The third-order valence-electron chi connectivity index (χ3n) is 1.14. The van der Waals surface area contributed by atoms with Crippen LogP contribution >= 0.6 is 0 Å². The van der Waals surface area contributed by atoms with E-state index in [1.54, 1.807) is 0 Å². The lowest BCUT2D eigenvalue weighted by atomic mass is 10.3. The van der Waals surface area contributed by atoms with Crippen molar-refractivity contribution >= 4 is 7.32 Å². The number of hydroxylamine groups is 2. The maximum Gasteiger partial charge on any atom is 0.654 e. The SMILES string of the molecule is COB(O)ON(CCO)CCO. The van der Waals surface area contributed by atoms with Crippen molar-refractivity contribution < 1.29 is 24.6 Å². The van der Waals surface area contributed by atoms with Gasteiger partial charge in [0.15, 0.2) is 0 Å². The first-order valence-corrected chi connectivity index (χ1v) is 3.59. The Morgan fingerprint density at radius 3 is 2.08 bits per heavy atom. The van der Waals surface area contributed by atoms with Crippen LogP contribution in [0.4, 0.5) is 0 Å². The van der Waals surface area contributed by atoms with Crippen molar-refractivity contribution in [1.29, 1.82) is 0 Å². The lowest BCUT2D eigenvalue weighted by Gasteiger charge is -2.20. The van der Waals surface area contributed by atoms with Crippen molar-refractivity contribution in [3.63, 3.8) is 0 Å². The van der Waals surface area contributed by atoms with Crippen molar-refractivity contribution in [2.75, 3.05) is 33.4 Å². The van der Waals surface area contributed by atoms with Crippen LogP contribution in [-0.4, -0.2) is 61.0 Å². The minimum Gasteiger partial charge on any atom is -0.401 e. The zero-order valence-electron chi connectivity index (χ0n) is 7.01. The molecular weight excluding hydrogens is 165 g/mol. The Kier molecular flexibility index (Phi) is 7.36. The summed E-state index contributed by atoms with van der Waals surface area (Å²) >= 11 is 0. The molecule has 0 aromatic rings. The van der Waals surface area contributed by atoms with E-state index in [1.807, 2.05) is 0 Å². The molecule has 0 aromatic carbocycles. The zero-order chi connectivity index (χ0) is 9.40. The van der Waals surface area contributed by atoms with Crippen LogP contribution in [0.2, 0.25) is 0 Å². The molecule has 12 heavy (non-hydrogen) atoms. The van der Waals surface area contributed by atoms with E-state index in [9.17, 15) is 0 Å². The maximum atomic E-state index is 8.83. The molecule has 0 heterocycles. The molecule has 0 aliphatic rings. The molecule has 0 bridgehead atoms. The molecule has 0 fully saturated rings. The van der Waals surface area contributed by atoms with E-state index in [-0.39, 0.29) is 26.3 Å². The van der Waals surface area contributed by atoms with E-state index in [0.717, 1.165) is 0 Å². The highest BCUT2D eigenvalue weighted by atomic mass is 16.8. The zero-order valence-corrected chi connectivity index (χ0v) is 7.01. The molecule has 0 aromatic heterocycles. The second-order valence-electron chi connectivity index (χ2n) is 2.02. The van der Waals surface area contributed by atoms with Gasteiger partial charge in [0.2, 0.25) is 0 Å². The van der Waals surface area contributed by atoms with E-state index in [4.69, 9.17) is 20.0 Å². The highest BCUT2D eigenvalue weighted by molar-refractivity contribution is 6.34. The van der Waals surface area contributed by atoms with Crippen LogP contribution in [0.25, 0.3) is 0 Å². The van der Waals surface area contributed by atoms with Crippen molar-refractivity contribution in [1.82, 2.24) is 5.06 Å². The van der Waals surface area contributed by atoms with Gasteiger partial charge in [-0.2, -0.15) is 5.06 Å². The van der Waals surface area contributed by atoms with E-state index in [2.05, 4.69) is 4.65 Å². The first-order valence-electron chi connectivity index (χ1n) is 3.59. The number of hydrogen-bond donors (Lipinski definition) is 3. The first-order chi connectivity index (χ1) is 5.74. The summed E-state index contributed by atoms with van der Waals surface area (Å²) in [4.78, 5) is 0. The molecule has 72 valence electrons. The Labute approximate surface area is 71.5 Å². The molecule has 0 amide bonds. The third-order valence-corrected chi connectivity index (χ3v) is 1.14. The molecule has 0 aliphatic heterocycles. The lowest BCUT2D eigenvalue weighted by molar-refractivity contribution is -0.111. The summed E-state index contributed by atoms with van der Waals surface area (Å²) in [6.07, 6.45) is 0. The Bertz CT molecular complexity index is 99.8. The predicted octanol–water partition coefficient (Wildman–Crippen LogP) is -2.17. The molecule has 0 saturated heterocycles. The molecule has 0 spiro atoms. The van der Waals surface area contributed by atoms with E-state index in [1.165, 1.54) is 12.2 Å². The topological polar surface area (TPSA) is 82.4 Å². The van der Waals surface area contributed by atoms with Crippen LogP contribution in [0.1, 0.15) is 0 Å². The largest absolute Gasteiger partial charge is 0.654 e. The first kappa shape index (κ1) is 11.8. The third kappa shape index (κ3) is 5.47. The monoisotopic (exact) mass is 179 g/mol. The van der Waals surface area contributed by atoms with Crippen LogP contribution in [0.3, 0.4) is 0 Å². The standard InChI is InChI=1S/C5H14BNO5/c1-11-6(10)12-7(2-4-8)3-5-9/h8-10H,2-5H2,1H3. The van der Waals surface area contributed by atoms with E-state index in [0.29, 0.717) is 0 Å². The smallest absolute Gasteiger partial charge is 0.401 e. The highest BCUT2D eigenvalue weighted by Gasteiger charge is 2.18. The quantitative estimate of drug-likeness (QED) is 0.304. The minimum atomic E-state index is -1.36. The average Bonchev–Trinajstić information content (AvgIpc) is 2.05. The van der Waals surface area contributed by atoms with Crippen molar-refractivity contribution in [2.24, 2.45) is 0 Å². The van der Waals surface area contributed by atoms with Gasteiger partial charge >= 0.3 is 7.32 Å². The van der Waals surface area contributed by atoms with Gasteiger partial charge in [0.05, 0.1) is 13.2 Å². The summed E-state index contributed by atoms with van der Waals surface area (Å²) in [5, 5.41) is 27.1. The second-order valence-corrected chi connectivity index (χ2v) is 2.02. The Morgan fingerprint density at radius 2 is 1.75 bits per heavy atom. The lowest BCUT2D eigenvalue weighted by Crippen LogP contribution is -2.37. The summed E-state index contributed by atoms with van der Waals surface area (Å²) in [5.74, 6) is 0. The van der Waals surface area contributed by atoms with E-state index >= 15 is 0 Å². The normalized spacial score (nSPS) is 10.8. The summed E-state index contributed by atoms with van der Waals surface area (Å²) in [6, 6.07) is 0. The van der Waals surface area contributed by atoms with Gasteiger partial charge in [0.1, 0.15) is 0 Å². The van der Waals surface area contributed by atoms with Crippen LogP contribution in [0.5, 0.6) is 0 Å². The summed E-state index contributed by atoms with van der Waals surface area (Å²) in [5.41, 5.74) is 0. The van der Waals surface area contributed by atoms with Gasteiger partial charge in [0, 0.05) is 20.2 Å². The van der Waals surface area contributed by atoms with Crippen molar-refractivity contribution in [2.45, 2.75) is 0 Å². The summed E-state index contributed by atoms with van der Waals surface area (Å²) in [6.45, 7) is 0.189. The molecule has 0 saturated carbocycles. The van der Waals surface area contributed by atoms with Gasteiger partial charge in [-0.15, -0.1) is 0 Å². The molecular formula is C5H14BNO5. The van der Waals surface area contributed by atoms with Gasteiger partial charge in [-0.3, -0.25) is 4.76 Å². The summed E-state index contributed by atoms with van der Waals surface area (Å²) in [7, 11) is -0.0797. The van der Waals surface area contributed by atoms with Crippen molar-refractivity contribution in [3.8, 4) is 0 Å². The predicted molar refractivity (Wildman–Crippen MR) is 41.8 cm³/mol. The van der Waals surface area contributed by atoms with Gasteiger partial charge in [-0.05, 0) is 0 Å². The molecule has 3 N–H and O–H groups in total. The fraction of sp³-hybridized carbons (Fsp3) is 1.00. The molecule has 6 nitrogen and oxygen atoms in total. The minimum absolute atomic E-state index is 0.115. The van der Waals surface area contributed by atoms with Gasteiger partial charge in [0.25, 0.3) is 0 Å². The van der Waals surface area contributed by atoms with E-state index < -0.39 is 7.32 Å². The molecule has 0 rings (SSSR count). The number of aliphatic hydroxyl groups excluding tert-OH is 2. The average molecular weight is 179 g/mol. The number of aliphatic hydroxyl groups is 2. The molecule has 0 unspecified atom stereocenters. The maximum absolute atomic E-state index is 8.83. The van der Waals surface area contributed by atoms with Gasteiger partial charge in [-0.1, -0.05) is 0 Å². The Balaban J connectivity index is 3.61. The molecule has 0 atom stereocenters. The fourth-order valence-corrected chi connectivity index (χ4v) is 0.611. The van der Waals surface area contributed by atoms with Crippen LogP contribution in [0.15, 0.2) is 0 Å². The van der Waals surface area contributed by atoms with Crippen molar-refractivity contribution in [3.05, 3.63) is 0 Å². The Hall–Kier alpha value is -0.175. The summed E-state index contributed by atoms with van der Waals surface area (Å²) < 4.78 is 9.13. The van der Waals surface area contributed by atoms with Crippen LogP contribution in [0, 0.1) is 0 Å². The second kappa shape index (κ2) is 7.47. The Morgan fingerprint density at radius 1 is 1.25 bits per heavy atom. The number of rotatable bonds is 7. The highest BCUT2D eigenvalue weighted by Crippen LogP contribution is 1.91.